The van der Waals surface area contributed by atoms with Gasteiger partial charge in [-0.3, -0.25) is 14.4 Å². The molecule has 0 saturated carbocycles. The fourth-order valence-electron chi connectivity index (χ4n) is 3.99. The number of benzene rings is 1. The molecule has 0 spiro atoms. The number of hydrogen-bond acceptors (Lipinski definition) is 4. The number of carbonyl (C=O) groups excluding carboxylic acids is 3. The predicted octanol–water partition coefficient (Wildman–Crippen LogP) is 2.74. The third-order valence-corrected chi connectivity index (χ3v) is 5.92. The second kappa shape index (κ2) is 10.1. The first-order valence-corrected chi connectivity index (χ1v) is 11.4. The van der Waals surface area contributed by atoms with E-state index in [1.165, 1.54) is 17.3 Å². The number of nitrogens with zero attached hydrogens (tertiary/aromatic N) is 3. The van der Waals surface area contributed by atoms with Crippen LogP contribution in [0.25, 0.3) is 0 Å². The fraction of sp³-hybridized carbons (Fsp3) is 0.500. The van der Waals surface area contributed by atoms with Crippen molar-refractivity contribution in [2.24, 2.45) is 5.92 Å². The van der Waals surface area contributed by atoms with Crippen LogP contribution in [0, 0.1) is 11.7 Å². The number of halogens is 1. The van der Waals surface area contributed by atoms with Crippen LogP contribution in [0.1, 0.15) is 67.1 Å². The third kappa shape index (κ3) is 5.07. The van der Waals surface area contributed by atoms with E-state index in [9.17, 15) is 18.8 Å². The number of imidazole rings is 1. The molecule has 0 saturated heterocycles. The van der Waals surface area contributed by atoms with Crippen molar-refractivity contribution in [3.05, 3.63) is 53.4 Å². The molecule has 1 atom stereocenters. The summed E-state index contributed by atoms with van der Waals surface area (Å²) in [6.45, 7) is 8.89. The average Bonchev–Trinajstić information content (AvgIpc) is 3.19. The number of carbonyl (C=O) groups is 3. The first kappa shape index (κ1) is 24.4. The van der Waals surface area contributed by atoms with Crippen LogP contribution in [0.3, 0.4) is 0 Å². The zero-order chi connectivity index (χ0) is 24.2. The highest BCUT2D eigenvalue weighted by atomic mass is 19.1. The minimum Gasteiger partial charge on any atom is -0.354 e. The Hall–Kier alpha value is -3.23. The van der Waals surface area contributed by atoms with Gasteiger partial charge in [-0.2, -0.15) is 0 Å². The molecule has 1 aromatic carbocycles. The molecule has 178 valence electrons. The first-order valence-electron chi connectivity index (χ1n) is 11.4. The average molecular weight is 458 g/mol. The van der Waals surface area contributed by atoms with Crippen molar-refractivity contribution in [1.29, 1.82) is 0 Å². The lowest BCUT2D eigenvalue weighted by Crippen LogP contribution is -2.64. The van der Waals surface area contributed by atoms with Crippen molar-refractivity contribution >= 4 is 17.7 Å². The summed E-state index contributed by atoms with van der Waals surface area (Å²) in [4.78, 5) is 45.1. The number of amides is 3. The Kier molecular flexibility index (Phi) is 7.50. The number of hydrogen-bond donors (Lipinski definition) is 2. The molecule has 8 nitrogen and oxygen atoms in total. The molecule has 3 amide bonds. The van der Waals surface area contributed by atoms with Gasteiger partial charge >= 0.3 is 0 Å². The van der Waals surface area contributed by atoms with Crippen LogP contribution < -0.4 is 10.6 Å². The Labute approximate surface area is 193 Å². The molecule has 1 aromatic heterocycles. The number of aromatic nitrogens is 2. The van der Waals surface area contributed by atoms with Gasteiger partial charge in [0.15, 0.2) is 5.69 Å². The lowest BCUT2D eigenvalue weighted by Gasteiger charge is -2.43. The lowest BCUT2D eigenvalue weighted by molar-refractivity contribution is -0.132. The van der Waals surface area contributed by atoms with Crippen molar-refractivity contribution in [3.8, 4) is 0 Å². The molecular formula is C24H32FN5O3. The molecule has 1 aliphatic heterocycles. The van der Waals surface area contributed by atoms with Crippen LogP contribution in [0.15, 0.2) is 30.6 Å². The molecule has 0 bridgehead atoms. The molecule has 1 aliphatic rings. The molecule has 0 fully saturated rings. The maximum Gasteiger partial charge on any atom is 0.273 e. The Morgan fingerprint density at radius 2 is 1.97 bits per heavy atom. The van der Waals surface area contributed by atoms with E-state index in [-0.39, 0.29) is 30.4 Å². The molecule has 2 aromatic rings. The molecule has 0 radical (unpaired) electrons. The van der Waals surface area contributed by atoms with Gasteiger partial charge < -0.3 is 20.1 Å². The quantitative estimate of drug-likeness (QED) is 0.605. The molecule has 3 rings (SSSR count). The van der Waals surface area contributed by atoms with Crippen LogP contribution >= 0.6 is 0 Å². The van der Waals surface area contributed by atoms with Gasteiger partial charge in [0, 0.05) is 25.2 Å². The summed E-state index contributed by atoms with van der Waals surface area (Å²) < 4.78 is 15.4. The van der Waals surface area contributed by atoms with Crippen molar-refractivity contribution in [2.75, 3.05) is 13.1 Å². The first-order chi connectivity index (χ1) is 15.7. The molecule has 2 heterocycles. The predicted molar refractivity (Wildman–Crippen MR) is 122 cm³/mol. The van der Waals surface area contributed by atoms with Crippen molar-refractivity contribution in [3.63, 3.8) is 0 Å². The monoisotopic (exact) mass is 457 g/mol. The summed E-state index contributed by atoms with van der Waals surface area (Å²) >= 11 is 0. The maximum atomic E-state index is 13.9. The number of fused-ring (bicyclic) bond motifs is 1. The lowest BCUT2D eigenvalue weighted by atomic mass is 9.93. The fourth-order valence-corrected chi connectivity index (χ4v) is 3.99. The highest BCUT2D eigenvalue weighted by molar-refractivity contribution is 6.07. The van der Waals surface area contributed by atoms with E-state index in [4.69, 9.17) is 0 Å². The van der Waals surface area contributed by atoms with Gasteiger partial charge in [0.1, 0.15) is 17.1 Å². The molecule has 33 heavy (non-hydrogen) atoms. The van der Waals surface area contributed by atoms with Crippen molar-refractivity contribution in [2.45, 2.75) is 59.2 Å². The summed E-state index contributed by atoms with van der Waals surface area (Å²) in [6.07, 6.45) is 2.91. The van der Waals surface area contributed by atoms with E-state index in [0.717, 1.165) is 6.42 Å². The van der Waals surface area contributed by atoms with Crippen molar-refractivity contribution < 1.29 is 18.8 Å². The topological polar surface area (TPSA) is 96.3 Å². The van der Waals surface area contributed by atoms with Crippen molar-refractivity contribution in [1.82, 2.24) is 25.1 Å². The van der Waals surface area contributed by atoms with Crippen LogP contribution in [0.4, 0.5) is 4.39 Å². The largest absolute Gasteiger partial charge is 0.354 e. The van der Waals surface area contributed by atoms with E-state index < -0.39 is 23.2 Å². The molecule has 2 N–H and O–H groups in total. The summed E-state index contributed by atoms with van der Waals surface area (Å²) in [7, 11) is 0. The van der Waals surface area contributed by atoms with E-state index in [0.29, 0.717) is 31.0 Å². The van der Waals surface area contributed by atoms with Gasteiger partial charge in [-0.25, -0.2) is 9.37 Å². The molecule has 0 aliphatic carbocycles. The summed E-state index contributed by atoms with van der Waals surface area (Å²) in [6, 6.07) is 6.15. The van der Waals surface area contributed by atoms with Crippen LogP contribution in [-0.2, 0) is 17.9 Å². The van der Waals surface area contributed by atoms with Gasteiger partial charge in [0.2, 0.25) is 5.91 Å². The second-order valence-electron chi connectivity index (χ2n) is 9.01. The normalized spacial score (nSPS) is 17.8. The summed E-state index contributed by atoms with van der Waals surface area (Å²) in [5.74, 6) is -1.19. The molecule has 9 heteroatoms. The van der Waals surface area contributed by atoms with Crippen LogP contribution in [0.2, 0.25) is 0 Å². The smallest absolute Gasteiger partial charge is 0.273 e. The third-order valence-electron chi connectivity index (χ3n) is 5.92. The van der Waals surface area contributed by atoms with Gasteiger partial charge in [-0.05, 0) is 31.7 Å². The molecular weight excluding hydrogens is 425 g/mol. The van der Waals surface area contributed by atoms with Gasteiger partial charge in [-0.1, -0.05) is 39.0 Å². The summed E-state index contributed by atoms with van der Waals surface area (Å²) in [5, 5.41) is 5.59. The van der Waals surface area contributed by atoms with E-state index in [1.54, 1.807) is 29.7 Å². The minimum absolute atomic E-state index is 0.0271. The van der Waals surface area contributed by atoms with E-state index >= 15 is 0 Å². The second-order valence-corrected chi connectivity index (χ2v) is 9.01. The highest BCUT2D eigenvalue weighted by Crippen LogP contribution is 2.29. The Morgan fingerprint density at radius 1 is 1.24 bits per heavy atom. The van der Waals surface area contributed by atoms with Crippen LogP contribution in [-0.4, -0.2) is 50.8 Å². The Bertz CT molecular complexity index is 1030. The number of rotatable bonds is 9. The van der Waals surface area contributed by atoms with E-state index in [1.807, 2.05) is 6.92 Å². The standard InChI is InChI=1S/C24H32FN5O3/c1-5-12-30-22(32)20-19(21(31)27-13-17-8-6-7-9-18(17)25)28-15-29(20)14-24(30,4)23(33)26-11-10-16(2)3/h6-9,15-16H,5,10-14H2,1-4H3,(H,26,33)(H,27,31). The Morgan fingerprint density at radius 3 is 2.64 bits per heavy atom. The number of nitrogens with one attached hydrogen (secondary N) is 2. The van der Waals surface area contributed by atoms with Gasteiger partial charge in [0.25, 0.3) is 11.8 Å². The molecule has 1 unspecified atom stereocenters. The zero-order valence-corrected chi connectivity index (χ0v) is 19.7. The maximum absolute atomic E-state index is 13.9. The minimum atomic E-state index is -1.10. The highest BCUT2D eigenvalue weighted by Gasteiger charge is 2.48. The van der Waals surface area contributed by atoms with Gasteiger partial charge in [0.05, 0.1) is 12.9 Å². The van der Waals surface area contributed by atoms with Crippen LogP contribution in [0.5, 0.6) is 0 Å². The Balaban J connectivity index is 1.83. The summed E-state index contributed by atoms with van der Waals surface area (Å²) in [5.41, 5.74) is -0.649. The van der Waals surface area contributed by atoms with Gasteiger partial charge in [-0.15, -0.1) is 0 Å². The SMILES string of the molecule is CCCN1C(=O)c2c(C(=O)NCc3ccccc3F)ncn2CC1(C)C(=O)NCCC(C)C. The van der Waals surface area contributed by atoms with E-state index in [2.05, 4.69) is 29.5 Å². The zero-order valence-electron chi connectivity index (χ0n) is 19.7.